The molecule has 1 aromatic rings. The molecule has 1 aliphatic rings. The smallest absolute Gasteiger partial charge is 0.176 e. The molecule has 0 atom stereocenters. The van der Waals surface area contributed by atoms with Crippen LogP contribution < -0.4 is 10.8 Å². The first-order valence-electron chi connectivity index (χ1n) is 2.87. The van der Waals surface area contributed by atoms with Crippen molar-refractivity contribution in [2.75, 3.05) is 6.67 Å². The zero-order valence-electron chi connectivity index (χ0n) is 5.15. The van der Waals surface area contributed by atoms with E-state index in [2.05, 4.69) is 25.2 Å². The molecule has 0 amide bonds. The molecule has 5 nitrogen and oxygen atoms in total. The van der Waals surface area contributed by atoms with Gasteiger partial charge in [0.1, 0.15) is 5.35 Å². The molecule has 0 saturated carbocycles. The van der Waals surface area contributed by atoms with E-state index in [9.17, 15) is 0 Å². The van der Waals surface area contributed by atoms with E-state index in [1.165, 1.54) is 0 Å². The van der Waals surface area contributed by atoms with Crippen molar-refractivity contribution in [3.63, 3.8) is 0 Å². The second-order valence-electron chi connectivity index (χ2n) is 1.83. The van der Waals surface area contributed by atoms with Crippen molar-refractivity contribution < 1.29 is 0 Å². The van der Waals surface area contributed by atoms with Gasteiger partial charge in [-0.3, -0.25) is 0 Å². The van der Waals surface area contributed by atoms with Crippen molar-refractivity contribution in [2.45, 2.75) is 0 Å². The molecule has 0 spiro atoms. The summed E-state index contributed by atoms with van der Waals surface area (Å²) in [6, 6.07) is 0. The van der Waals surface area contributed by atoms with Gasteiger partial charge in [-0.25, -0.2) is 9.98 Å². The second kappa shape index (κ2) is 2.02. The Bertz CT molecular complexity index is 360. The summed E-state index contributed by atoms with van der Waals surface area (Å²) in [7, 11) is 0. The first-order valence-corrected chi connectivity index (χ1v) is 2.87. The fraction of sp³-hybridized carbons (Fsp3) is 0.200. The molecule has 0 saturated heterocycles. The number of nitrogens with zero attached hydrogens (tertiary/aromatic N) is 4. The van der Waals surface area contributed by atoms with Gasteiger partial charge in [-0.15, -0.1) is 0 Å². The third kappa shape index (κ3) is 0.717. The Morgan fingerprint density at radius 1 is 1.50 bits per heavy atom. The summed E-state index contributed by atoms with van der Waals surface area (Å²) in [6.45, 7) is 0.369. The zero-order valence-corrected chi connectivity index (χ0v) is 5.15. The minimum absolute atomic E-state index is 0.369. The average molecular weight is 135 g/mol. The second-order valence-corrected chi connectivity index (χ2v) is 1.83. The molecule has 0 aromatic carbocycles. The van der Waals surface area contributed by atoms with Crippen LogP contribution in [0.4, 0.5) is 0 Å². The number of hydrogen-bond donors (Lipinski definition) is 1. The van der Waals surface area contributed by atoms with Gasteiger partial charge in [0.25, 0.3) is 0 Å². The number of fused-ring (bicyclic) bond motifs is 1. The molecule has 10 heavy (non-hydrogen) atoms. The highest BCUT2D eigenvalue weighted by atomic mass is 15.2. The molecule has 2 rings (SSSR count). The van der Waals surface area contributed by atoms with Crippen LogP contribution in [0.5, 0.6) is 0 Å². The highest BCUT2D eigenvalue weighted by Crippen LogP contribution is 1.78. The third-order valence-electron chi connectivity index (χ3n) is 1.20. The molecule has 2 heterocycles. The maximum Gasteiger partial charge on any atom is 0.176 e. The van der Waals surface area contributed by atoms with Crippen LogP contribution in [0.25, 0.3) is 6.20 Å². The molecule has 0 fully saturated rings. The summed E-state index contributed by atoms with van der Waals surface area (Å²) in [4.78, 5) is 10.8. The largest absolute Gasteiger partial charge is 0.342 e. The Balaban J connectivity index is 2.82. The molecular weight excluding hydrogens is 130 g/mol. The number of H-pyrrole nitrogens is 1. The molecular formula is C5H5N5. The van der Waals surface area contributed by atoms with E-state index in [1.807, 2.05) is 0 Å². The van der Waals surface area contributed by atoms with Crippen LogP contribution >= 0.6 is 0 Å². The van der Waals surface area contributed by atoms with Crippen LogP contribution in [0, 0.1) is 0 Å². The minimum Gasteiger partial charge on any atom is -0.342 e. The van der Waals surface area contributed by atoms with Crippen molar-refractivity contribution in [3.05, 3.63) is 17.2 Å². The lowest BCUT2D eigenvalue weighted by molar-refractivity contribution is 0.936. The SMILES string of the molecule is C1=c2[nH]cnc2=NCN=N1. The minimum atomic E-state index is 0.369. The van der Waals surface area contributed by atoms with Gasteiger partial charge in [-0.2, -0.15) is 10.2 Å². The van der Waals surface area contributed by atoms with E-state index < -0.39 is 0 Å². The molecule has 1 N–H and O–H groups in total. The quantitative estimate of drug-likeness (QED) is 0.496. The number of aromatic amines is 1. The Kier molecular flexibility index (Phi) is 1.06. The summed E-state index contributed by atoms with van der Waals surface area (Å²) in [5.74, 6) is 0. The highest BCUT2D eigenvalue weighted by Gasteiger charge is 1.89. The number of rotatable bonds is 0. The summed E-state index contributed by atoms with van der Waals surface area (Å²) >= 11 is 0. The lowest BCUT2D eigenvalue weighted by Crippen LogP contribution is -2.23. The van der Waals surface area contributed by atoms with Gasteiger partial charge in [0.15, 0.2) is 12.2 Å². The molecule has 50 valence electrons. The van der Waals surface area contributed by atoms with Crippen molar-refractivity contribution in [1.29, 1.82) is 0 Å². The molecule has 0 bridgehead atoms. The van der Waals surface area contributed by atoms with Gasteiger partial charge in [-0.05, 0) is 0 Å². The van der Waals surface area contributed by atoms with E-state index in [4.69, 9.17) is 0 Å². The number of hydrogen-bond acceptors (Lipinski definition) is 4. The van der Waals surface area contributed by atoms with Crippen LogP contribution in [0.1, 0.15) is 0 Å². The van der Waals surface area contributed by atoms with Crippen LogP contribution in [0.3, 0.4) is 0 Å². The van der Waals surface area contributed by atoms with Gasteiger partial charge in [0, 0.05) is 0 Å². The third-order valence-corrected chi connectivity index (χ3v) is 1.20. The Morgan fingerprint density at radius 2 is 2.50 bits per heavy atom. The Labute approximate surface area is 56.2 Å². The predicted molar refractivity (Wildman–Crippen MR) is 33.6 cm³/mol. The van der Waals surface area contributed by atoms with Gasteiger partial charge < -0.3 is 4.98 Å². The van der Waals surface area contributed by atoms with Crippen LogP contribution in [-0.2, 0) is 0 Å². The fourth-order valence-electron chi connectivity index (χ4n) is 0.752. The molecule has 0 aliphatic carbocycles. The van der Waals surface area contributed by atoms with Crippen LogP contribution in [0.2, 0.25) is 0 Å². The number of aromatic nitrogens is 2. The van der Waals surface area contributed by atoms with E-state index in [-0.39, 0.29) is 0 Å². The van der Waals surface area contributed by atoms with Crippen molar-refractivity contribution in [3.8, 4) is 0 Å². The molecule has 1 aromatic heterocycles. The van der Waals surface area contributed by atoms with Gasteiger partial charge in [-0.1, -0.05) is 0 Å². The maximum absolute atomic E-state index is 4.01. The normalized spacial score (nSPS) is 14.8. The highest BCUT2D eigenvalue weighted by molar-refractivity contribution is 5.13. The monoisotopic (exact) mass is 135 g/mol. The number of nitrogens with one attached hydrogen (secondary N) is 1. The van der Waals surface area contributed by atoms with Crippen molar-refractivity contribution in [1.82, 2.24) is 9.97 Å². The summed E-state index contributed by atoms with van der Waals surface area (Å²) in [5.41, 5.74) is 0.685. The van der Waals surface area contributed by atoms with Gasteiger partial charge in [0.05, 0.1) is 12.5 Å². The lowest BCUT2D eigenvalue weighted by atomic mass is 10.7. The van der Waals surface area contributed by atoms with E-state index >= 15 is 0 Å². The summed E-state index contributed by atoms with van der Waals surface area (Å²) in [5, 5.41) is 8.24. The van der Waals surface area contributed by atoms with E-state index in [0.717, 1.165) is 5.35 Å². The van der Waals surface area contributed by atoms with Crippen molar-refractivity contribution in [2.24, 2.45) is 15.2 Å². The Morgan fingerprint density at radius 3 is 3.50 bits per heavy atom. The maximum atomic E-state index is 4.01. The predicted octanol–water partition coefficient (Wildman–Crippen LogP) is -0.809. The number of azo groups is 1. The lowest BCUT2D eigenvalue weighted by Gasteiger charge is -1.72. The first-order chi connectivity index (χ1) is 4.97. The first kappa shape index (κ1) is 5.28. The molecule has 0 radical (unpaired) electrons. The molecule has 0 unspecified atom stereocenters. The standard InChI is InChI=1S/C5H5N5/c1-4-5(7-2-6-4)8-3-10-9-1/h1-2H,3H2,(H,6,7,8). The fourth-order valence-corrected chi connectivity index (χ4v) is 0.752. The molecule has 1 aliphatic heterocycles. The van der Waals surface area contributed by atoms with E-state index in [1.54, 1.807) is 12.5 Å². The molecule has 5 heteroatoms. The summed E-state index contributed by atoms with van der Waals surface area (Å²) in [6.07, 6.45) is 3.20. The van der Waals surface area contributed by atoms with Crippen LogP contribution in [-0.4, -0.2) is 16.6 Å². The van der Waals surface area contributed by atoms with Crippen LogP contribution in [0.15, 0.2) is 21.5 Å². The number of imidazole rings is 1. The van der Waals surface area contributed by atoms with E-state index in [0.29, 0.717) is 12.2 Å². The Hall–Kier alpha value is -1.52. The van der Waals surface area contributed by atoms with Gasteiger partial charge >= 0.3 is 0 Å². The summed E-state index contributed by atoms with van der Waals surface area (Å²) < 4.78 is 0. The van der Waals surface area contributed by atoms with Crippen molar-refractivity contribution >= 4 is 6.20 Å². The van der Waals surface area contributed by atoms with Gasteiger partial charge in [0.2, 0.25) is 0 Å². The topological polar surface area (TPSA) is 65.8 Å². The average Bonchev–Trinajstić information content (AvgIpc) is 2.28. The zero-order chi connectivity index (χ0) is 6.81.